The van der Waals surface area contributed by atoms with Crippen molar-refractivity contribution < 1.29 is 13.2 Å². The number of hydrogen-bond acceptors (Lipinski definition) is 5. The molecule has 2 aromatic rings. The van der Waals surface area contributed by atoms with Gasteiger partial charge in [0.25, 0.3) is 0 Å². The third-order valence-electron chi connectivity index (χ3n) is 3.03. The minimum atomic E-state index is -4.43. The maximum atomic E-state index is 13.0. The molecule has 0 fully saturated rings. The fourth-order valence-electron chi connectivity index (χ4n) is 1.91. The van der Waals surface area contributed by atoms with Crippen molar-refractivity contribution in [3.8, 4) is 0 Å². The first-order valence-corrected chi connectivity index (χ1v) is 7.00. The van der Waals surface area contributed by atoms with Crippen LogP contribution >= 0.6 is 0 Å². The molecule has 0 spiro atoms. The van der Waals surface area contributed by atoms with Crippen LogP contribution in [0.15, 0.2) is 36.7 Å². The van der Waals surface area contributed by atoms with E-state index < -0.39 is 11.7 Å². The Morgan fingerprint density at radius 2 is 1.78 bits per heavy atom. The Hall–Kier alpha value is -2.35. The minimum absolute atomic E-state index is 0.0436. The molecule has 0 radical (unpaired) electrons. The molecule has 2 rings (SSSR count). The van der Waals surface area contributed by atoms with E-state index in [0.717, 1.165) is 12.6 Å². The number of hydrogen-bond donors (Lipinski definition) is 2. The molecular formula is C15H18F3N5. The van der Waals surface area contributed by atoms with E-state index in [4.69, 9.17) is 0 Å². The number of rotatable bonds is 6. The molecule has 0 atom stereocenters. The second kappa shape index (κ2) is 7.28. The third kappa shape index (κ3) is 5.10. The van der Waals surface area contributed by atoms with Gasteiger partial charge in [0.05, 0.1) is 11.3 Å². The van der Waals surface area contributed by atoms with Gasteiger partial charge in [-0.25, -0.2) is 9.97 Å². The van der Waals surface area contributed by atoms with Crippen molar-refractivity contribution in [2.45, 2.75) is 6.18 Å². The standard InChI is InChI=1S/C15H18F3N5/c1-23(2)8-7-19-13-9-14(21-10-20-13)22-12-6-4-3-5-11(12)15(16,17)18/h3-6,9-10H,7-8H2,1-2H3,(H2,19,20,21,22). The van der Waals surface area contributed by atoms with Gasteiger partial charge in [-0.2, -0.15) is 13.2 Å². The Labute approximate surface area is 132 Å². The molecule has 0 aliphatic carbocycles. The van der Waals surface area contributed by atoms with Crippen molar-refractivity contribution in [3.05, 3.63) is 42.2 Å². The summed E-state index contributed by atoms with van der Waals surface area (Å²) in [6.07, 6.45) is -3.13. The van der Waals surface area contributed by atoms with Gasteiger partial charge < -0.3 is 15.5 Å². The molecule has 2 N–H and O–H groups in total. The minimum Gasteiger partial charge on any atom is -0.369 e. The number of anilines is 3. The summed E-state index contributed by atoms with van der Waals surface area (Å²) in [4.78, 5) is 10.0. The summed E-state index contributed by atoms with van der Waals surface area (Å²) >= 11 is 0. The van der Waals surface area contributed by atoms with E-state index in [9.17, 15) is 13.2 Å². The summed E-state index contributed by atoms with van der Waals surface area (Å²) < 4.78 is 38.9. The fourth-order valence-corrected chi connectivity index (χ4v) is 1.91. The van der Waals surface area contributed by atoms with Gasteiger partial charge in [-0.15, -0.1) is 0 Å². The lowest BCUT2D eigenvalue weighted by molar-refractivity contribution is -0.136. The molecule has 23 heavy (non-hydrogen) atoms. The molecule has 0 saturated heterocycles. The van der Waals surface area contributed by atoms with Gasteiger partial charge in [0.15, 0.2) is 0 Å². The highest BCUT2D eigenvalue weighted by molar-refractivity contribution is 5.63. The topological polar surface area (TPSA) is 53.1 Å². The van der Waals surface area contributed by atoms with E-state index in [1.54, 1.807) is 6.07 Å². The highest BCUT2D eigenvalue weighted by atomic mass is 19.4. The molecule has 0 unspecified atom stereocenters. The van der Waals surface area contributed by atoms with E-state index in [-0.39, 0.29) is 5.69 Å². The second-order valence-electron chi connectivity index (χ2n) is 5.19. The van der Waals surface area contributed by atoms with Crippen LogP contribution in [0.2, 0.25) is 0 Å². The lowest BCUT2D eigenvalue weighted by Gasteiger charge is -2.14. The molecule has 1 aromatic heterocycles. The number of nitrogens with zero attached hydrogens (tertiary/aromatic N) is 3. The number of aromatic nitrogens is 2. The van der Waals surface area contributed by atoms with Gasteiger partial charge in [-0.05, 0) is 26.2 Å². The van der Waals surface area contributed by atoms with Crippen LogP contribution in [0.1, 0.15) is 5.56 Å². The zero-order chi connectivity index (χ0) is 16.9. The van der Waals surface area contributed by atoms with Crippen LogP contribution in [-0.2, 0) is 6.18 Å². The van der Waals surface area contributed by atoms with Crippen LogP contribution in [0.25, 0.3) is 0 Å². The Balaban J connectivity index is 2.12. The van der Waals surface area contributed by atoms with Crippen molar-refractivity contribution in [1.29, 1.82) is 0 Å². The largest absolute Gasteiger partial charge is 0.418 e. The van der Waals surface area contributed by atoms with Crippen LogP contribution in [-0.4, -0.2) is 42.1 Å². The second-order valence-corrected chi connectivity index (χ2v) is 5.19. The van der Waals surface area contributed by atoms with Crippen molar-refractivity contribution in [1.82, 2.24) is 14.9 Å². The quantitative estimate of drug-likeness (QED) is 0.854. The number of para-hydroxylation sites is 1. The number of alkyl halides is 3. The van der Waals surface area contributed by atoms with Crippen LogP contribution < -0.4 is 10.6 Å². The fraction of sp³-hybridized carbons (Fsp3) is 0.333. The molecule has 8 heteroatoms. The summed E-state index contributed by atoms with van der Waals surface area (Å²) in [6.45, 7) is 1.48. The summed E-state index contributed by atoms with van der Waals surface area (Å²) in [5.74, 6) is 0.845. The monoisotopic (exact) mass is 325 g/mol. The summed E-state index contributed by atoms with van der Waals surface area (Å²) in [7, 11) is 3.89. The Bertz CT molecular complexity index is 643. The van der Waals surface area contributed by atoms with Crippen LogP contribution in [0.3, 0.4) is 0 Å². The number of nitrogens with one attached hydrogen (secondary N) is 2. The normalized spacial score (nSPS) is 11.6. The molecule has 124 valence electrons. The predicted molar refractivity (Wildman–Crippen MR) is 83.8 cm³/mol. The van der Waals surface area contributed by atoms with E-state index >= 15 is 0 Å². The first-order chi connectivity index (χ1) is 10.9. The molecule has 1 heterocycles. The summed E-state index contributed by atoms with van der Waals surface area (Å²) in [5.41, 5.74) is -0.779. The predicted octanol–water partition coefficient (Wildman–Crippen LogP) is 3.21. The lowest BCUT2D eigenvalue weighted by Crippen LogP contribution is -2.21. The molecule has 5 nitrogen and oxygen atoms in total. The van der Waals surface area contributed by atoms with E-state index in [1.165, 1.54) is 24.5 Å². The van der Waals surface area contributed by atoms with E-state index in [2.05, 4.69) is 20.6 Å². The number of likely N-dealkylation sites (N-methyl/N-ethyl adjacent to an activating group) is 1. The van der Waals surface area contributed by atoms with Crippen molar-refractivity contribution in [2.75, 3.05) is 37.8 Å². The summed E-state index contributed by atoms with van der Waals surface area (Å²) in [6, 6.07) is 6.85. The van der Waals surface area contributed by atoms with Gasteiger partial charge in [0.1, 0.15) is 18.0 Å². The molecular weight excluding hydrogens is 307 g/mol. The highest BCUT2D eigenvalue weighted by Gasteiger charge is 2.33. The zero-order valence-electron chi connectivity index (χ0n) is 12.9. The van der Waals surface area contributed by atoms with Crippen molar-refractivity contribution >= 4 is 17.3 Å². The SMILES string of the molecule is CN(C)CCNc1cc(Nc2ccccc2C(F)(F)F)ncn1. The average Bonchev–Trinajstić information content (AvgIpc) is 2.47. The zero-order valence-corrected chi connectivity index (χ0v) is 12.9. The molecule has 0 saturated carbocycles. The first-order valence-electron chi connectivity index (χ1n) is 7.00. The Kier molecular flexibility index (Phi) is 5.38. The molecule has 0 amide bonds. The van der Waals surface area contributed by atoms with Crippen molar-refractivity contribution in [2.24, 2.45) is 0 Å². The summed E-state index contributed by atoms with van der Waals surface area (Å²) in [5, 5.41) is 5.79. The Morgan fingerprint density at radius 3 is 2.48 bits per heavy atom. The average molecular weight is 325 g/mol. The van der Waals surface area contributed by atoms with E-state index in [0.29, 0.717) is 18.2 Å². The Morgan fingerprint density at radius 1 is 1.09 bits per heavy atom. The van der Waals surface area contributed by atoms with Crippen LogP contribution in [0.4, 0.5) is 30.5 Å². The number of benzene rings is 1. The highest BCUT2D eigenvalue weighted by Crippen LogP contribution is 2.35. The molecule has 0 aliphatic heterocycles. The van der Waals surface area contributed by atoms with E-state index in [1.807, 2.05) is 19.0 Å². The van der Waals surface area contributed by atoms with Gasteiger partial charge >= 0.3 is 6.18 Å². The van der Waals surface area contributed by atoms with Crippen LogP contribution in [0, 0.1) is 0 Å². The van der Waals surface area contributed by atoms with Crippen molar-refractivity contribution in [3.63, 3.8) is 0 Å². The van der Waals surface area contributed by atoms with Gasteiger partial charge in [-0.1, -0.05) is 12.1 Å². The molecule has 0 aliphatic rings. The maximum absolute atomic E-state index is 13.0. The van der Waals surface area contributed by atoms with Gasteiger partial charge in [0, 0.05) is 19.2 Å². The van der Waals surface area contributed by atoms with Gasteiger partial charge in [-0.3, -0.25) is 0 Å². The molecule has 1 aromatic carbocycles. The van der Waals surface area contributed by atoms with Crippen LogP contribution in [0.5, 0.6) is 0 Å². The smallest absolute Gasteiger partial charge is 0.369 e. The third-order valence-corrected chi connectivity index (χ3v) is 3.03. The lowest BCUT2D eigenvalue weighted by atomic mass is 10.1. The number of halogens is 3. The molecule has 0 bridgehead atoms. The van der Waals surface area contributed by atoms with Gasteiger partial charge in [0.2, 0.25) is 0 Å². The first kappa shape index (κ1) is 17.0. The maximum Gasteiger partial charge on any atom is 0.418 e.